The Morgan fingerprint density at radius 3 is 2.20 bits per heavy atom. The molecule has 1 saturated heterocycles. The van der Waals surface area contributed by atoms with Crippen molar-refractivity contribution >= 4 is 0 Å². The molecule has 0 aromatic carbocycles. The lowest BCUT2D eigenvalue weighted by molar-refractivity contribution is 0.0610. The molecule has 0 N–H and O–H groups in total. The van der Waals surface area contributed by atoms with E-state index in [0.717, 1.165) is 17.9 Å². The van der Waals surface area contributed by atoms with Gasteiger partial charge in [0.1, 0.15) is 0 Å². The molecule has 0 amide bonds. The fraction of sp³-hybridized carbons (Fsp3) is 1.00. The predicted octanol–water partition coefficient (Wildman–Crippen LogP) is 1.74. The molecule has 1 saturated carbocycles. The lowest BCUT2D eigenvalue weighted by atomic mass is 9.88. The summed E-state index contributed by atoms with van der Waals surface area (Å²) in [5.41, 5.74) is 0. The van der Waals surface area contributed by atoms with Crippen LogP contribution in [0.4, 0.5) is 0 Å². The first kappa shape index (κ1) is 6.66. The molecule has 0 unspecified atom stereocenters. The Morgan fingerprint density at radius 1 is 1.20 bits per heavy atom. The largest absolute Gasteiger partial charge is 0.300 e. The highest BCUT2D eigenvalue weighted by Crippen LogP contribution is 2.35. The second-order valence-corrected chi connectivity index (χ2v) is 4.19. The molecular weight excluding hydrogens is 122 g/mol. The summed E-state index contributed by atoms with van der Waals surface area (Å²) in [5, 5.41) is 0. The van der Waals surface area contributed by atoms with Gasteiger partial charge in [-0.25, -0.2) is 0 Å². The summed E-state index contributed by atoms with van der Waals surface area (Å²) in [5.74, 6) is 1.93. The van der Waals surface area contributed by atoms with Crippen molar-refractivity contribution < 1.29 is 0 Å². The fourth-order valence-corrected chi connectivity index (χ4v) is 1.71. The van der Waals surface area contributed by atoms with E-state index in [4.69, 9.17) is 0 Å². The van der Waals surface area contributed by atoms with Crippen LogP contribution < -0.4 is 0 Å². The maximum Gasteiger partial charge on any atom is 0.00966 e. The van der Waals surface area contributed by atoms with Crippen LogP contribution in [-0.2, 0) is 0 Å². The monoisotopic (exact) mass is 139 g/mol. The highest BCUT2D eigenvalue weighted by molar-refractivity contribution is 4.93. The Labute approximate surface area is 63.4 Å². The normalized spacial score (nSPS) is 29.1. The number of nitrogens with zero attached hydrogens (tertiary/aromatic N) is 1. The number of rotatable bonds is 2. The zero-order chi connectivity index (χ0) is 7.14. The summed E-state index contributed by atoms with van der Waals surface area (Å²) in [6, 6.07) is 1.01. The third-order valence-electron chi connectivity index (χ3n) is 2.94. The minimum atomic E-state index is 0.912. The maximum atomic E-state index is 2.64. The molecule has 2 fully saturated rings. The summed E-state index contributed by atoms with van der Waals surface area (Å²) in [6.07, 6.45) is 2.95. The van der Waals surface area contributed by atoms with E-state index in [-0.39, 0.29) is 0 Å². The molecule has 2 rings (SSSR count). The summed E-state index contributed by atoms with van der Waals surface area (Å²) in [6.45, 7) is 7.47. The van der Waals surface area contributed by atoms with Gasteiger partial charge in [-0.05, 0) is 24.7 Å². The minimum Gasteiger partial charge on any atom is -0.300 e. The zero-order valence-electron chi connectivity index (χ0n) is 7.01. The minimum absolute atomic E-state index is 0.912. The van der Waals surface area contributed by atoms with E-state index in [2.05, 4.69) is 18.7 Å². The molecule has 0 aromatic rings. The molecule has 58 valence electrons. The van der Waals surface area contributed by atoms with Crippen molar-refractivity contribution in [1.29, 1.82) is 0 Å². The van der Waals surface area contributed by atoms with Gasteiger partial charge in [-0.2, -0.15) is 0 Å². The topological polar surface area (TPSA) is 3.24 Å². The molecule has 0 spiro atoms. The first-order valence-corrected chi connectivity index (χ1v) is 4.51. The quantitative estimate of drug-likeness (QED) is 0.563. The first-order chi connectivity index (χ1) is 4.77. The third kappa shape index (κ3) is 1.07. The van der Waals surface area contributed by atoms with Gasteiger partial charge in [0, 0.05) is 19.1 Å². The van der Waals surface area contributed by atoms with Crippen LogP contribution in [0.5, 0.6) is 0 Å². The molecule has 10 heavy (non-hydrogen) atoms. The molecule has 0 radical (unpaired) electrons. The number of hydrogen-bond acceptors (Lipinski definition) is 1. The zero-order valence-corrected chi connectivity index (χ0v) is 7.01. The van der Waals surface area contributed by atoms with Gasteiger partial charge in [0.2, 0.25) is 0 Å². The molecule has 0 bridgehead atoms. The van der Waals surface area contributed by atoms with E-state index in [9.17, 15) is 0 Å². The Balaban J connectivity index is 1.72. The van der Waals surface area contributed by atoms with Crippen LogP contribution in [0.2, 0.25) is 0 Å². The summed E-state index contributed by atoms with van der Waals surface area (Å²) >= 11 is 0. The van der Waals surface area contributed by atoms with Gasteiger partial charge < -0.3 is 0 Å². The summed E-state index contributed by atoms with van der Waals surface area (Å²) < 4.78 is 0. The smallest absolute Gasteiger partial charge is 0.00966 e. The van der Waals surface area contributed by atoms with Gasteiger partial charge in [0.25, 0.3) is 0 Å². The van der Waals surface area contributed by atoms with Gasteiger partial charge in [-0.1, -0.05) is 13.8 Å². The van der Waals surface area contributed by atoms with Crippen LogP contribution in [0.25, 0.3) is 0 Å². The molecule has 0 atom stereocenters. The fourth-order valence-electron chi connectivity index (χ4n) is 1.71. The second kappa shape index (κ2) is 2.23. The van der Waals surface area contributed by atoms with Gasteiger partial charge >= 0.3 is 0 Å². The Bertz CT molecular complexity index is 115. The lowest BCUT2D eigenvalue weighted by Crippen LogP contribution is -2.49. The van der Waals surface area contributed by atoms with Crippen LogP contribution in [0.1, 0.15) is 26.7 Å². The maximum absolute atomic E-state index is 2.64. The molecular formula is C9H17N. The molecule has 1 aliphatic heterocycles. The highest BCUT2D eigenvalue weighted by atomic mass is 15.2. The predicted molar refractivity (Wildman–Crippen MR) is 42.9 cm³/mol. The van der Waals surface area contributed by atoms with Gasteiger partial charge in [-0.3, -0.25) is 4.90 Å². The van der Waals surface area contributed by atoms with Crippen molar-refractivity contribution in [2.75, 3.05) is 13.1 Å². The number of hydrogen-bond donors (Lipinski definition) is 0. The van der Waals surface area contributed by atoms with E-state index < -0.39 is 0 Å². The average molecular weight is 139 g/mol. The van der Waals surface area contributed by atoms with Crippen molar-refractivity contribution in [2.45, 2.75) is 32.7 Å². The van der Waals surface area contributed by atoms with E-state index in [1.54, 1.807) is 0 Å². The van der Waals surface area contributed by atoms with Crippen molar-refractivity contribution in [3.05, 3.63) is 0 Å². The van der Waals surface area contributed by atoms with E-state index >= 15 is 0 Å². The number of likely N-dealkylation sites (tertiary alicyclic amines) is 1. The van der Waals surface area contributed by atoms with Crippen molar-refractivity contribution in [1.82, 2.24) is 4.90 Å². The third-order valence-corrected chi connectivity index (χ3v) is 2.94. The van der Waals surface area contributed by atoms with E-state index in [1.807, 2.05) is 0 Å². The summed E-state index contributed by atoms with van der Waals surface area (Å²) in [4.78, 5) is 2.64. The van der Waals surface area contributed by atoms with Crippen molar-refractivity contribution in [2.24, 2.45) is 11.8 Å². The lowest BCUT2D eigenvalue weighted by Gasteiger charge is -2.41. The Hall–Kier alpha value is -0.0400. The van der Waals surface area contributed by atoms with E-state index in [0.29, 0.717) is 0 Å². The molecule has 1 aliphatic carbocycles. The van der Waals surface area contributed by atoms with Crippen LogP contribution in [0.15, 0.2) is 0 Å². The molecule has 1 heteroatoms. The van der Waals surface area contributed by atoms with Gasteiger partial charge in [0.05, 0.1) is 0 Å². The Morgan fingerprint density at radius 2 is 1.80 bits per heavy atom. The Kier molecular flexibility index (Phi) is 1.48. The van der Waals surface area contributed by atoms with Crippen LogP contribution in [0.3, 0.4) is 0 Å². The molecule has 0 aromatic heterocycles. The molecule has 1 nitrogen and oxygen atoms in total. The molecule has 1 heterocycles. The summed E-state index contributed by atoms with van der Waals surface area (Å²) in [7, 11) is 0. The van der Waals surface area contributed by atoms with Crippen molar-refractivity contribution in [3.8, 4) is 0 Å². The van der Waals surface area contributed by atoms with E-state index in [1.165, 1.54) is 25.9 Å². The highest BCUT2D eigenvalue weighted by Gasteiger charge is 2.38. The van der Waals surface area contributed by atoms with Crippen LogP contribution in [-0.4, -0.2) is 24.0 Å². The molecule has 2 aliphatic rings. The van der Waals surface area contributed by atoms with Crippen LogP contribution in [0, 0.1) is 11.8 Å². The second-order valence-electron chi connectivity index (χ2n) is 4.19. The standard InChI is InChI=1S/C9H17N/c1-7(2)8-5-10(6-8)9-3-4-9/h7-9H,3-6H2,1-2H3. The first-order valence-electron chi connectivity index (χ1n) is 4.51. The SMILES string of the molecule is CC(C)C1CN(C2CC2)C1. The van der Waals surface area contributed by atoms with Crippen LogP contribution >= 0.6 is 0 Å². The average Bonchev–Trinajstić information content (AvgIpc) is 2.42. The van der Waals surface area contributed by atoms with Gasteiger partial charge in [0.15, 0.2) is 0 Å². The van der Waals surface area contributed by atoms with Crippen molar-refractivity contribution in [3.63, 3.8) is 0 Å². The van der Waals surface area contributed by atoms with Gasteiger partial charge in [-0.15, -0.1) is 0 Å².